The summed E-state index contributed by atoms with van der Waals surface area (Å²) in [6, 6.07) is 4.55. The lowest BCUT2D eigenvalue weighted by Gasteiger charge is -2.30. The number of carbonyl (C=O) groups is 1. The summed E-state index contributed by atoms with van der Waals surface area (Å²) in [5, 5.41) is 0. The van der Waals surface area contributed by atoms with Crippen LogP contribution in [0.25, 0.3) is 0 Å². The van der Waals surface area contributed by atoms with E-state index in [2.05, 4.69) is 0 Å². The predicted molar refractivity (Wildman–Crippen MR) is 85.9 cm³/mol. The standard InChI is InChI=1S/C14H19FN4O3S/c15-12-7-10(19-9-11(8-16)22-14(19)20)1-2-13(12)18-3-5-23(17,21)6-4-18/h1-2,7,11,17H,3-6,8-9,16H2. The molecule has 0 spiro atoms. The highest BCUT2D eigenvalue weighted by Crippen LogP contribution is 2.28. The Labute approximate surface area is 134 Å². The largest absolute Gasteiger partial charge is 0.443 e. The number of amides is 1. The van der Waals surface area contributed by atoms with Crippen molar-refractivity contribution in [3.63, 3.8) is 0 Å². The molecule has 1 aromatic carbocycles. The smallest absolute Gasteiger partial charge is 0.414 e. The number of nitrogens with one attached hydrogen (secondary N) is 1. The molecule has 9 heteroatoms. The maximum atomic E-state index is 14.4. The highest BCUT2D eigenvalue weighted by Gasteiger charge is 2.32. The SMILES string of the molecule is N=S1(=O)CCN(c2ccc(N3CC(CN)OC3=O)cc2F)CC1. The zero-order valence-corrected chi connectivity index (χ0v) is 13.4. The first-order valence-corrected chi connectivity index (χ1v) is 9.26. The van der Waals surface area contributed by atoms with Crippen LogP contribution in [0.5, 0.6) is 0 Å². The molecule has 1 atom stereocenters. The van der Waals surface area contributed by atoms with Gasteiger partial charge in [-0.2, -0.15) is 0 Å². The van der Waals surface area contributed by atoms with Crippen LogP contribution in [0.15, 0.2) is 18.2 Å². The Hall–Kier alpha value is -1.87. The Kier molecular flexibility index (Phi) is 4.15. The fourth-order valence-corrected chi connectivity index (χ4v) is 3.98. The Morgan fingerprint density at radius 1 is 1.39 bits per heavy atom. The third kappa shape index (κ3) is 3.25. The van der Waals surface area contributed by atoms with Gasteiger partial charge in [0.2, 0.25) is 0 Å². The molecule has 2 fully saturated rings. The lowest BCUT2D eigenvalue weighted by molar-refractivity contribution is 0.145. The van der Waals surface area contributed by atoms with Crippen LogP contribution < -0.4 is 15.5 Å². The van der Waals surface area contributed by atoms with Gasteiger partial charge in [0.15, 0.2) is 0 Å². The van der Waals surface area contributed by atoms with E-state index in [0.717, 1.165) is 0 Å². The molecule has 2 saturated heterocycles. The van der Waals surface area contributed by atoms with Crippen LogP contribution in [0.1, 0.15) is 0 Å². The zero-order chi connectivity index (χ0) is 16.6. The molecule has 2 heterocycles. The molecule has 3 rings (SSSR count). The number of nitrogens with two attached hydrogens (primary N) is 1. The molecule has 0 aliphatic carbocycles. The van der Waals surface area contributed by atoms with E-state index in [4.69, 9.17) is 15.3 Å². The molecule has 126 valence electrons. The molecular formula is C14H19FN4O3S. The summed E-state index contributed by atoms with van der Waals surface area (Å²) >= 11 is 0. The highest BCUT2D eigenvalue weighted by molar-refractivity contribution is 7.92. The van der Waals surface area contributed by atoms with Gasteiger partial charge in [0, 0.05) is 40.9 Å². The minimum absolute atomic E-state index is 0.225. The highest BCUT2D eigenvalue weighted by atomic mass is 32.2. The molecule has 0 radical (unpaired) electrons. The third-order valence-corrected chi connectivity index (χ3v) is 5.79. The summed E-state index contributed by atoms with van der Waals surface area (Å²) in [6.07, 6.45) is -0.906. The van der Waals surface area contributed by atoms with Crippen molar-refractivity contribution in [2.75, 3.05) is 47.5 Å². The molecule has 23 heavy (non-hydrogen) atoms. The molecule has 3 N–H and O–H groups in total. The van der Waals surface area contributed by atoms with Crippen LogP contribution >= 0.6 is 0 Å². The first kappa shape index (κ1) is 16.0. The lowest BCUT2D eigenvalue weighted by Crippen LogP contribution is -2.40. The van der Waals surface area contributed by atoms with Crippen LogP contribution in [-0.2, 0) is 14.5 Å². The summed E-state index contributed by atoms with van der Waals surface area (Å²) < 4.78 is 38.7. The summed E-state index contributed by atoms with van der Waals surface area (Å²) in [6.45, 7) is 1.31. The van der Waals surface area contributed by atoms with E-state index in [-0.39, 0.29) is 24.2 Å². The number of benzene rings is 1. The van der Waals surface area contributed by atoms with E-state index < -0.39 is 21.6 Å². The van der Waals surface area contributed by atoms with Gasteiger partial charge >= 0.3 is 6.09 Å². The molecular weight excluding hydrogens is 323 g/mol. The second kappa shape index (κ2) is 5.97. The van der Waals surface area contributed by atoms with Crippen LogP contribution in [-0.4, -0.2) is 54.1 Å². The quantitative estimate of drug-likeness (QED) is 0.853. The number of hydrogen-bond acceptors (Lipinski definition) is 6. The first-order valence-electron chi connectivity index (χ1n) is 7.36. The number of hydrogen-bond donors (Lipinski definition) is 2. The Balaban J connectivity index is 1.78. The molecule has 7 nitrogen and oxygen atoms in total. The van der Waals surface area contributed by atoms with Crippen molar-refractivity contribution in [3.05, 3.63) is 24.0 Å². The van der Waals surface area contributed by atoms with Gasteiger partial charge < -0.3 is 15.4 Å². The van der Waals surface area contributed by atoms with Gasteiger partial charge in [-0.3, -0.25) is 9.68 Å². The van der Waals surface area contributed by atoms with Gasteiger partial charge in [-0.1, -0.05) is 0 Å². The summed E-state index contributed by atoms with van der Waals surface area (Å²) in [7, 11) is -2.52. The van der Waals surface area contributed by atoms with Gasteiger partial charge in [0.25, 0.3) is 0 Å². The van der Waals surface area contributed by atoms with Crippen molar-refractivity contribution in [2.24, 2.45) is 5.73 Å². The maximum Gasteiger partial charge on any atom is 0.414 e. The van der Waals surface area contributed by atoms with Crippen molar-refractivity contribution in [3.8, 4) is 0 Å². The van der Waals surface area contributed by atoms with E-state index in [1.807, 2.05) is 0 Å². The van der Waals surface area contributed by atoms with Crippen LogP contribution in [0.4, 0.5) is 20.6 Å². The minimum Gasteiger partial charge on any atom is -0.443 e. The first-order chi connectivity index (χ1) is 10.9. The van der Waals surface area contributed by atoms with E-state index in [1.54, 1.807) is 17.0 Å². The fraction of sp³-hybridized carbons (Fsp3) is 0.500. The number of cyclic esters (lactones) is 1. The van der Waals surface area contributed by atoms with Crippen LogP contribution in [0, 0.1) is 10.6 Å². The average Bonchev–Trinajstić information content (AvgIpc) is 2.89. The number of rotatable bonds is 3. The molecule has 1 unspecified atom stereocenters. The summed E-state index contributed by atoms with van der Waals surface area (Å²) in [5.74, 6) is 0.0280. The maximum absolute atomic E-state index is 14.4. The fourth-order valence-electron chi connectivity index (χ4n) is 2.75. The number of anilines is 2. The van der Waals surface area contributed by atoms with Gasteiger partial charge in [-0.15, -0.1) is 0 Å². The number of halogens is 1. The molecule has 0 saturated carbocycles. The molecule has 1 aromatic rings. The topological polar surface area (TPSA) is 99.7 Å². The summed E-state index contributed by atoms with van der Waals surface area (Å²) in [4.78, 5) is 14.9. The predicted octanol–water partition coefficient (Wildman–Crippen LogP) is 0.976. The normalized spacial score (nSPS) is 23.9. The second-order valence-corrected chi connectivity index (χ2v) is 8.14. The van der Waals surface area contributed by atoms with Crippen molar-refractivity contribution in [1.82, 2.24) is 0 Å². The van der Waals surface area contributed by atoms with Gasteiger partial charge in [0.05, 0.1) is 17.9 Å². The van der Waals surface area contributed by atoms with Gasteiger partial charge in [-0.05, 0) is 18.2 Å². The average molecular weight is 342 g/mol. The second-order valence-electron chi connectivity index (χ2n) is 5.69. The van der Waals surface area contributed by atoms with Gasteiger partial charge in [-0.25, -0.2) is 13.4 Å². The molecule has 1 amide bonds. The number of carbonyl (C=O) groups excluding carboxylic acids is 1. The van der Waals surface area contributed by atoms with Crippen molar-refractivity contribution in [2.45, 2.75) is 6.10 Å². The molecule has 2 aliphatic heterocycles. The van der Waals surface area contributed by atoms with Crippen LogP contribution in [0.2, 0.25) is 0 Å². The van der Waals surface area contributed by atoms with Crippen molar-refractivity contribution < 1.29 is 18.1 Å². The van der Waals surface area contributed by atoms with Gasteiger partial charge in [0.1, 0.15) is 11.9 Å². The van der Waals surface area contributed by atoms with Crippen molar-refractivity contribution in [1.29, 1.82) is 4.78 Å². The summed E-state index contributed by atoms with van der Waals surface area (Å²) in [5.41, 5.74) is 6.31. The third-order valence-electron chi connectivity index (χ3n) is 4.10. The van der Waals surface area contributed by atoms with E-state index in [9.17, 15) is 13.4 Å². The van der Waals surface area contributed by atoms with E-state index >= 15 is 0 Å². The number of nitrogens with zero attached hydrogens (tertiary/aromatic N) is 2. The Morgan fingerprint density at radius 2 is 2.09 bits per heavy atom. The Bertz CT molecular complexity index is 711. The van der Waals surface area contributed by atoms with Crippen LogP contribution in [0.3, 0.4) is 0 Å². The lowest BCUT2D eigenvalue weighted by atomic mass is 10.2. The van der Waals surface area contributed by atoms with Crippen molar-refractivity contribution >= 4 is 27.2 Å². The Morgan fingerprint density at radius 3 is 2.65 bits per heavy atom. The molecule has 0 aromatic heterocycles. The van der Waals surface area contributed by atoms with E-state index in [1.165, 1.54) is 11.0 Å². The zero-order valence-electron chi connectivity index (χ0n) is 12.5. The van der Waals surface area contributed by atoms with E-state index in [0.29, 0.717) is 31.0 Å². The monoisotopic (exact) mass is 342 g/mol. The minimum atomic E-state index is -2.52. The molecule has 2 aliphatic rings. The number of ether oxygens (including phenoxy) is 1. The molecule has 0 bridgehead atoms.